The van der Waals surface area contributed by atoms with E-state index < -0.39 is 0 Å². The maximum absolute atomic E-state index is 9.44. The van der Waals surface area contributed by atoms with E-state index in [9.17, 15) is 5.11 Å². The fraction of sp³-hybridized carbons (Fsp3) is 0.857. The van der Waals surface area contributed by atoms with Gasteiger partial charge < -0.3 is 5.11 Å². The van der Waals surface area contributed by atoms with Crippen LogP contribution >= 0.6 is 0 Å². The van der Waals surface area contributed by atoms with E-state index >= 15 is 0 Å². The van der Waals surface area contributed by atoms with Crippen molar-refractivity contribution in [3.8, 4) is 0 Å². The minimum atomic E-state index is -0.250. The van der Waals surface area contributed by atoms with Crippen LogP contribution in [0, 0.1) is 39.6 Å². The second-order valence-electron chi connectivity index (χ2n) is 2.70. The molecule has 0 unspecified atom stereocenters. The molecule has 63 valence electrons. The van der Waals surface area contributed by atoms with E-state index in [1.54, 1.807) is 0 Å². The number of carboxylic acid groups (broad SMARTS) is 1. The number of hydrogen-bond donors (Lipinski definition) is 2. The van der Waals surface area contributed by atoms with Crippen LogP contribution in [0.25, 0.3) is 0 Å². The summed E-state index contributed by atoms with van der Waals surface area (Å²) in [7, 11) is 0. The zero-order chi connectivity index (χ0) is 8.74. The average molecular weight is 285 g/mol. The van der Waals surface area contributed by atoms with E-state index in [-0.39, 0.29) is 7.59 Å². The third kappa shape index (κ3) is 7.18. The van der Waals surface area contributed by atoms with Gasteiger partial charge in [-0.05, 0) is 0 Å². The van der Waals surface area contributed by atoms with Gasteiger partial charge in [-0.2, -0.15) is 0 Å². The first-order valence-corrected chi connectivity index (χ1v) is 5.24. The Hall–Kier alpha value is 0.807. The summed E-state index contributed by atoms with van der Waals surface area (Å²) in [4.78, 5) is 8.36. The van der Waals surface area contributed by atoms with Crippen LogP contribution in [-0.2, 0) is 4.79 Å². The minimum absolute atomic E-state index is 0.182. The zero-order valence-corrected chi connectivity index (χ0v) is 9.56. The number of hydrogen-bond acceptors (Lipinski definition) is 2. The van der Waals surface area contributed by atoms with Crippen LogP contribution in [0.4, 0.5) is 0 Å². The molecular weight excluding hydrogens is 272 g/mol. The predicted octanol–water partition coefficient (Wildman–Crippen LogP) is 0.889. The molecule has 0 spiro atoms. The van der Waals surface area contributed by atoms with Gasteiger partial charge in [-0.15, -0.1) is 0 Å². The van der Waals surface area contributed by atoms with Crippen molar-refractivity contribution in [2.24, 2.45) is 0 Å². The molecule has 0 heterocycles. The Bertz CT molecular complexity index is 106. The standard InChI is InChI=1S/C6H11O.CH2O2.Ce/c7-6-4-2-1-3-5-6;2-1-3;/h7H,1-5H2;1H,(H,2,3);. The van der Waals surface area contributed by atoms with Gasteiger partial charge in [0.2, 0.25) is 0 Å². The molecule has 0 aromatic rings. The van der Waals surface area contributed by atoms with Crippen LogP contribution in [0.15, 0.2) is 0 Å². The Morgan fingerprint density at radius 2 is 1.64 bits per heavy atom. The first-order valence-electron chi connectivity index (χ1n) is 3.67. The van der Waals surface area contributed by atoms with Crippen molar-refractivity contribution in [2.45, 2.75) is 33.2 Å². The van der Waals surface area contributed by atoms with E-state index in [1.165, 1.54) is 19.3 Å². The third-order valence-electron chi connectivity index (χ3n) is 1.68. The Morgan fingerprint density at radius 1 is 1.27 bits per heavy atom. The Kier molecular flexibility index (Phi) is 6.80. The first kappa shape index (κ1) is 11.8. The molecule has 1 saturated carbocycles. The second-order valence-corrected chi connectivity index (χ2v) is 5.62. The molecule has 0 atom stereocenters. The van der Waals surface area contributed by atoms with Gasteiger partial charge in [0.25, 0.3) is 6.47 Å². The van der Waals surface area contributed by atoms with Crippen LogP contribution in [0.1, 0.15) is 32.1 Å². The van der Waals surface area contributed by atoms with Gasteiger partial charge in [-0.25, -0.2) is 0 Å². The van der Waals surface area contributed by atoms with E-state index in [0.29, 0.717) is 0 Å². The molecule has 0 aromatic carbocycles. The fourth-order valence-corrected chi connectivity index (χ4v) is 2.25. The van der Waals surface area contributed by atoms with Gasteiger partial charge in [0.1, 0.15) is 0 Å². The number of aliphatic hydroxyl groups is 1. The van der Waals surface area contributed by atoms with Crippen LogP contribution < -0.4 is 0 Å². The molecule has 0 radical (unpaired) electrons. The van der Waals surface area contributed by atoms with Crippen molar-refractivity contribution in [3.63, 3.8) is 0 Å². The molecular formula is C7H13CeO3. The van der Waals surface area contributed by atoms with Crippen molar-refractivity contribution in [1.82, 2.24) is 0 Å². The van der Waals surface area contributed by atoms with Crippen molar-refractivity contribution in [2.75, 3.05) is 0 Å². The molecule has 0 aromatic heterocycles. The summed E-state index contributed by atoms with van der Waals surface area (Å²) in [6.45, 7) is -0.250. The molecule has 0 amide bonds. The topological polar surface area (TPSA) is 57.5 Å². The molecule has 0 saturated heterocycles. The fourth-order valence-electron chi connectivity index (χ4n) is 1.14. The SMILES string of the molecule is O=CO.O[C]1([Ce])CCCCC1. The summed E-state index contributed by atoms with van der Waals surface area (Å²) in [5.74, 6) is 0. The molecule has 1 aliphatic carbocycles. The summed E-state index contributed by atoms with van der Waals surface area (Å²) in [6, 6.07) is 0. The molecule has 4 heteroatoms. The average Bonchev–Trinajstić information content (AvgIpc) is 1.88. The van der Waals surface area contributed by atoms with Gasteiger partial charge in [0.05, 0.1) is 0 Å². The Labute approximate surface area is 93.5 Å². The molecule has 3 nitrogen and oxygen atoms in total. The monoisotopic (exact) mass is 285 g/mol. The van der Waals surface area contributed by atoms with Gasteiger partial charge in [-0.3, -0.25) is 4.79 Å². The molecule has 1 rings (SSSR count). The zero-order valence-electron chi connectivity index (χ0n) is 6.42. The maximum atomic E-state index is 9.44. The van der Waals surface area contributed by atoms with Crippen molar-refractivity contribution >= 4 is 6.47 Å². The Balaban J connectivity index is 0.000000292. The van der Waals surface area contributed by atoms with Gasteiger partial charge >= 0.3 is 78.0 Å². The van der Waals surface area contributed by atoms with E-state index in [4.69, 9.17) is 9.90 Å². The van der Waals surface area contributed by atoms with Crippen LogP contribution in [0.2, 0.25) is 0 Å². The van der Waals surface area contributed by atoms with Crippen LogP contribution in [0.3, 0.4) is 0 Å². The quantitative estimate of drug-likeness (QED) is 0.650. The van der Waals surface area contributed by atoms with Crippen molar-refractivity contribution in [3.05, 3.63) is 0 Å². The third-order valence-corrected chi connectivity index (χ3v) is 3.25. The first-order chi connectivity index (χ1) is 5.12. The molecule has 2 N–H and O–H groups in total. The Morgan fingerprint density at radius 3 is 1.82 bits per heavy atom. The van der Waals surface area contributed by atoms with Crippen LogP contribution in [-0.4, -0.2) is 17.8 Å². The number of carbonyl (C=O) groups is 1. The van der Waals surface area contributed by atoms with E-state index in [0.717, 1.165) is 52.5 Å². The van der Waals surface area contributed by atoms with E-state index in [2.05, 4.69) is 0 Å². The van der Waals surface area contributed by atoms with Gasteiger partial charge in [0, 0.05) is 0 Å². The summed E-state index contributed by atoms with van der Waals surface area (Å²) < 4.78 is -0.182. The van der Waals surface area contributed by atoms with Gasteiger partial charge in [-0.1, -0.05) is 0 Å². The summed E-state index contributed by atoms with van der Waals surface area (Å²) >= 11 is 0.965. The number of rotatable bonds is 0. The molecule has 1 aliphatic rings. The molecule has 11 heavy (non-hydrogen) atoms. The normalized spacial score (nSPS) is 21.1. The van der Waals surface area contributed by atoms with Crippen LogP contribution in [0.5, 0.6) is 0 Å². The second kappa shape index (κ2) is 6.34. The molecule has 0 bridgehead atoms. The molecule has 0 aliphatic heterocycles. The van der Waals surface area contributed by atoms with Gasteiger partial charge in [0.15, 0.2) is 0 Å². The molecule has 1 fully saturated rings. The van der Waals surface area contributed by atoms with Crippen molar-refractivity contribution < 1.29 is 54.7 Å². The predicted molar refractivity (Wildman–Crippen MR) is 36.7 cm³/mol. The summed E-state index contributed by atoms with van der Waals surface area (Å²) in [6.07, 6.45) is 5.98. The van der Waals surface area contributed by atoms with E-state index in [1.807, 2.05) is 0 Å². The summed E-state index contributed by atoms with van der Waals surface area (Å²) in [5, 5.41) is 16.3. The summed E-state index contributed by atoms with van der Waals surface area (Å²) in [5.41, 5.74) is 0. The van der Waals surface area contributed by atoms with Crippen molar-refractivity contribution in [1.29, 1.82) is 0 Å².